The minimum atomic E-state index is 0.150. The SMILES string of the molecule is CCN(CC)C(CNC(=NC)NCC1CCCOC1C(C)(C)C)c1ccco1. The predicted octanol–water partition coefficient (Wildman–Crippen LogP) is 3.67. The summed E-state index contributed by atoms with van der Waals surface area (Å²) < 4.78 is 11.8. The third-order valence-electron chi connectivity index (χ3n) is 5.64. The Morgan fingerprint density at radius 3 is 2.61 bits per heavy atom. The summed E-state index contributed by atoms with van der Waals surface area (Å²) in [6, 6.07) is 4.19. The molecule has 1 aliphatic heterocycles. The third kappa shape index (κ3) is 6.24. The molecule has 0 spiro atoms. The van der Waals surface area contributed by atoms with Gasteiger partial charge >= 0.3 is 0 Å². The van der Waals surface area contributed by atoms with Gasteiger partial charge in [-0.15, -0.1) is 0 Å². The van der Waals surface area contributed by atoms with E-state index in [4.69, 9.17) is 9.15 Å². The molecule has 0 aromatic carbocycles. The van der Waals surface area contributed by atoms with Gasteiger partial charge in [0.25, 0.3) is 0 Å². The molecule has 28 heavy (non-hydrogen) atoms. The van der Waals surface area contributed by atoms with E-state index in [2.05, 4.69) is 55.1 Å². The van der Waals surface area contributed by atoms with Crippen LogP contribution in [0.5, 0.6) is 0 Å². The molecule has 1 fully saturated rings. The highest BCUT2D eigenvalue weighted by molar-refractivity contribution is 5.79. The summed E-state index contributed by atoms with van der Waals surface area (Å²) in [5.41, 5.74) is 0.150. The summed E-state index contributed by atoms with van der Waals surface area (Å²) in [5, 5.41) is 7.02. The number of furan rings is 1. The first-order valence-electron chi connectivity index (χ1n) is 10.7. The Hall–Kier alpha value is -1.53. The molecule has 2 N–H and O–H groups in total. The normalized spacial score (nSPS) is 22.3. The van der Waals surface area contributed by atoms with Gasteiger partial charge in [0.1, 0.15) is 5.76 Å². The average Bonchev–Trinajstić information content (AvgIpc) is 3.21. The van der Waals surface area contributed by atoms with Crippen LogP contribution < -0.4 is 10.6 Å². The highest BCUT2D eigenvalue weighted by atomic mass is 16.5. The average molecular weight is 393 g/mol. The van der Waals surface area contributed by atoms with E-state index < -0.39 is 0 Å². The molecule has 1 aliphatic rings. The van der Waals surface area contributed by atoms with Crippen molar-refractivity contribution in [3.05, 3.63) is 24.2 Å². The number of aliphatic imine (C=N–C) groups is 1. The van der Waals surface area contributed by atoms with E-state index in [1.165, 1.54) is 6.42 Å². The molecule has 1 aromatic heterocycles. The zero-order valence-corrected chi connectivity index (χ0v) is 18.6. The van der Waals surface area contributed by atoms with Crippen molar-refractivity contribution in [1.82, 2.24) is 15.5 Å². The van der Waals surface area contributed by atoms with Gasteiger partial charge in [-0.25, -0.2) is 0 Å². The summed E-state index contributed by atoms with van der Waals surface area (Å²) in [7, 11) is 1.83. The minimum Gasteiger partial charge on any atom is -0.468 e. The molecule has 3 unspecified atom stereocenters. The standard InChI is InChI=1S/C22H40N4O2/c1-7-26(8-2)18(19-12-10-13-27-19)16-25-21(23-6)24-15-17-11-9-14-28-20(17)22(3,4)5/h10,12-13,17-18,20H,7-9,11,14-16H2,1-6H3,(H2,23,24,25). The van der Waals surface area contributed by atoms with Gasteiger partial charge in [-0.3, -0.25) is 9.89 Å². The molecule has 1 saturated heterocycles. The van der Waals surface area contributed by atoms with E-state index >= 15 is 0 Å². The fourth-order valence-corrected chi connectivity index (χ4v) is 4.21. The molecule has 6 nitrogen and oxygen atoms in total. The van der Waals surface area contributed by atoms with Gasteiger partial charge in [-0.2, -0.15) is 0 Å². The Morgan fingerprint density at radius 2 is 2.04 bits per heavy atom. The second-order valence-corrected chi connectivity index (χ2v) is 8.65. The van der Waals surface area contributed by atoms with Gasteiger partial charge in [0, 0.05) is 32.7 Å². The Morgan fingerprint density at radius 1 is 1.29 bits per heavy atom. The van der Waals surface area contributed by atoms with Crippen molar-refractivity contribution in [3.8, 4) is 0 Å². The van der Waals surface area contributed by atoms with Crippen LogP contribution in [0.25, 0.3) is 0 Å². The lowest BCUT2D eigenvalue weighted by molar-refractivity contribution is -0.0835. The number of likely N-dealkylation sites (N-methyl/N-ethyl adjacent to an activating group) is 1. The lowest BCUT2D eigenvalue weighted by Crippen LogP contribution is -2.48. The van der Waals surface area contributed by atoms with E-state index in [9.17, 15) is 0 Å². The van der Waals surface area contributed by atoms with Crippen LogP contribution >= 0.6 is 0 Å². The quantitative estimate of drug-likeness (QED) is 0.522. The lowest BCUT2D eigenvalue weighted by atomic mass is 9.78. The van der Waals surface area contributed by atoms with Gasteiger partial charge in [0.2, 0.25) is 0 Å². The van der Waals surface area contributed by atoms with Gasteiger partial charge in [0.15, 0.2) is 5.96 Å². The van der Waals surface area contributed by atoms with Crippen LogP contribution in [0.3, 0.4) is 0 Å². The molecule has 0 radical (unpaired) electrons. The molecule has 0 saturated carbocycles. The molecule has 0 amide bonds. The highest BCUT2D eigenvalue weighted by Crippen LogP contribution is 2.33. The number of ether oxygens (including phenoxy) is 1. The fraction of sp³-hybridized carbons (Fsp3) is 0.773. The van der Waals surface area contributed by atoms with Gasteiger partial charge < -0.3 is 19.8 Å². The molecular weight excluding hydrogens is 352 g/mol. The Kier molecular flexibility index (Phi) is 8.83. The molecule has 160 valence electrons. The van der Waals surface area contributed by atoms with Crippen LogP contribution in [0.1, 0.15) is 59.3 Å². The van der Waals surface area contributed by atoms with E-state index in [1.807, 2.05) is 19.2 Å². The molecule has 0 bridgehead atoms. The number of nitrogens with one attached hydrogen (secondary N) is 2. The number of nitrogens with zero attached hydrogens (tertiary/aromatic N) is 2. The summed E-state index contributed by atoms with van der Waals surface area (Å²) in [6.45, 7) is 15.6. The molecule has 2 heterocycles. The first-order chi connectivity index (χ1) is 13.4. The Balaban J connectivity index is 1.94. The van der Waals surface area contributed by atoms with E-state index in [0.29, 0.717) is 5.92 Å². The second-order valence-electron chi connectivity index (χ2n) is 8.65. The molecule has 3 atom stereocenters. The largest absolute Gasteiger partial charge is 0.468 e. The van der Waals surface area contributed by atoms with Crippen molar-refractivity contribution in [2.75, 3.05) is 39.8 Å². The highest BCUT2D eigenvalue weighted by Gasteiger charge is 2.35. The first-order valence-corrected chi connectivity index (χ1v) is 10.7. The zero-order valence-electron chi connectivity index (χ0n) is 18.6. The van der Waals surface area contributed by atoms with E-state index in [0.717, 1.165) is 50.9 Å². The van der Waals surface area contributed by atoms with E-state index in [-0.39, 0.29) is 17.6 Å². The summed E-state index contributed by atoms with van der Waals surface area (Å²) in [4.78, 5) is 6.82. The number of hydrogen-bond acceptors (Lipinski definition) is 4. The van der Waals surface area contributed by atoms with Crippen molar-refractivity contribution in [2.24, 2.45) is 16.3 Å². The summed E-state index contributed by atoms with van der Waals surface area (Å²) in [6.07, 6.45) is 4.35. The predicted molar refractivity (Wildman–Crippen MR) is 116 cm³/mol. The van der Waals surface area contributed by atoms with Crippen molar-refractivity contribution in [2.45, 2.75) is 59.6 Å². The van der Waals surface area contributed by atoms with Crippen LogP contribution in [0.15, 0.2) is 27.8 Å². The second kappa shape index (κ2) is 10.9. The molecule has 6 heteroatoms. The van der Waals surface area contributed by atoms with Crippen molar-refractivity contribution < 1.29 is 9.15 Å². The first kappa shape index (κ1) is 22.8. The van der Waals surface area contributed by atoms with Crippen LogP contribution in [0.4, 0.5) is 0 Å². The maximum absolute atomic E-state index is 6.11. The zero-order chi connectivity index (χ0) is 20.6. The number of rotatable bonds is 8. The fourth-order valence-electron chi connectivity index (χ4n) is 4.21. The molecule has 0 aliphatic carbocycles. The van der Waals surface area contributed by atoms with Crippen LogP contribution in [-0.2, 0) is 4.74 Å². The Bertz CT molecular complexity index is 576. The summed E-state index contributed by atoms with van der Waals surface area (Å²) in [5.74, 6) is 2.32. The smallest absolute Gasteiger partial charge is 0.191 e. The van der Waals surface area contributed by atoms with Crippen molar-refractivity contribution in [3.63, 3.8) is 0 Å². The van der Waals surface area contributed by atoms with Crippen LogP contribution in [0.2, 0.25) is 0 Å². The van der Waals surface area contributed by atoms with Crippen LogP contribution in [0, 0.1) is 11.3 Å². The van der Waals surface area contributed by atoms with Crippen molar-refractivity contribution >= 4 is 5.96 Å². The maximum atomic E-state index is 6.11. The maximum Gasteiger partial charge on any atom is 0.191 e. The molecule has 2 rings (SSSR count). The van der Waals surface area contributed by atoms with E-state index in [1.54, 1.807) is 6.26 Å². The Labute approximate surface area is 171 Å². The topological polar surface area (TPSA) is 62.0 Å². The van der Waals surface area contributed by atoms with Crippen molar-refractivity contribution in [1.29, 1.82) is 0 Å². The third-order valence-corrected chi connectivity index (χ3v) is 5.64. The monoisotopic (exact) mass is 392 g/mol. The number of guanidine groups is 1. The minimum absolute atomic E-state index is 0.150. The van der Waals surface area contributed by atoms with Gasteiger partial charge in [0.05, 0.1) is 18.4 Å². The number of hydrogen-bond donors (Lipinski definition) is 2. The van der Waals surface area contributed by atoms with Gasteiger partial charge in [-0.1, -0.05) is 34.6 Å². The lowest BCUT2D eigenvalue weighted by Gasteiger charge is -2.40. The molecular formula is C22H40N4O2. The van der Waals surface area contributed by atoms with Crippen LogP contribution in [-0.4, -0.2) is 56.8 Å². The summed E-state index contributed by atoms with van der Waals surface area (Å²) >= 11 is 0. The molecule has 1 aromatic rings. The van der Waals surface area contributed by atoms with Gasteiger partial charge in [-0.05, 0) is 43.5 Å².